The molecule has 6 nitrogen and oxygen atoms in total. The van der Waals surface area contributed by atoms with Crippen LogP contribution < -0.4 is 0 Å². The number of pyridine rings is 1. The average molecular weight is 254 g/mol. The van der Waals surface area contributed by atoms with Crippen LogP contribution in [0.5, 0.6) is 0 Å². The van der Waals surface area contributed by atoms with Gasteiger partial charge in [0.2, 0.25) is 0 Å². The molecular formula is C13H10N4O2. The van der Waals surface area contributed by atoms with Crippen LogP contribution in [0.15, 0.2) is 42.7 Å². The Morgan fingerprint density at radius 3 is 2.89 bits per heavy atom. The number of carboxylic acid groups (broad SMARTS) is 1. The first-order valence-corrected chi connectivity index (χ1v) is 5.70. The highest BCUT2D eigenvalue weighted by Gasteiger charge is 2.13. The lowest BCUT2D eigenvalue weighted by atomic mass is 10.2. The van der Waals surface area contributed by atoms with Crippen molar-refractivity contribution in [2.75, 3.05) is 0 Å². The molecule has 19 heavy (non-hydrogen) atoms. The van der Waals surface area contributed by atoms with Crippen molar-refractivity contribution >= 4 is 17.0 Å². The van der Waals surface area contributed by atoms with E-state index in [1.54, 1.807) is 29.2 Å². The van der Waals surface area contributed by atoms with Crippen LogP contribution in [0.25, 0.3) is 11.0 Å². The molecule has 0 fully saturated rings. The number of aromatic carboxylic acids is 1. The maximum Gasteiger partial charge on any atom is 0.338 e. The molecule has 0 spiro atoms. The molecule has 0 radical (unpaired) electrons. The summed E-state index contributed by atoms with van der Waals surface area (Å²) in [4.78, 5) is 15.1. The Kier molecular flexibility index (Phi) is 2.68. The van der Waals surface area contributed by atoms with Crippen molar-refractivity contribution < 1.29 is 9.90 Å². The van der Waals surface area contributed by atoms with E-state index >= 15 is 0 Å². The van der Waals surface area contributed by atoms with Crippen molar-refractivity contribution in [2.24, 2.45) is 0 Å². The molecule has 6 heteroatoms. The number of hydrogen-bond donors (Lipinski definition) is 1. The quantitative estimate of drug-likeness (QED) is 0.767. The maximum absolute atomic E-state index is 11.1. The first-order chi connectivity index (χ1) is 9.25. The molecule has 0 aliphatic carbocycles. The monoisotopic (exact) mass is 254 g/mol. The zero-order valence-corrected chi connectivity index (χ0v) is 9.89. The summed E-state index contributed by atoms with van der Waals surface area (Å²) in [6.07, 6.45) is 3.44. The Bertz CT molecular complexity index is 737. The predicted molar refractivity (Wildman–Crippen MR) is 67.8 cm³/mol. The second-order valence-electron chi connectivity index (χ2n) is 4.09. The Balaban J connectivity index is 2.07. The summed E-state index contributed by atoms with van der Waals surface area (Å²) in [5.74, 6) is -1.00. The van der Waals surface area contributed by atoms with E-state index in [2.05, 4.69) is 15.3 Å². The van der Waals surface area contributed by atoms with E-state index in [4.69, 9.17) is 5.11 Å². The summed E-state index contributed by atoms with van der Waals surface area (Å²) in [7, 11) is 0. The summed E-state index contributed by atoms with van der Waals surface area (Å²) < 4.78 is 1.67. The van der Waals surface area contributed by atoms with Crippen LogP contribution in [-0.4, -0.2) is 31.1 Å². The standard InChI is InChI=1S/C13H10N4O2/c18-13(19)10-4-1-5-11-12(10)15-16-17(11)8-9-3-2-6-14-7-9/h1-7H,8H2,(H,18,19). The van der Waals surface area contributed by atoms with E-state index in [0.717, 1.165) is 5.56 Å². The predicted octanol–water partition coefficient (Wildman–Crippen LogP) is 1.57. The van der Waals surface area contributed by atoms with Gasteiger partial charge in [-0.05, 0) is 23.8 Å². The summed E-state index contributed by atoms with van der Waals surface area (Å²) in [5, 5.41) is 17.1. The first kappa shape index (κ1) is 11.3. The Morgan fingerprint density at radius 1 is 1.26 bits per heavy atom. The van der Waals surface area contributed by atoms with Crippen molar-refractivity contribution in [3.8, 4) is 0 Å². The van der Waals surface area contributed by atoms with Gasteiger partial charge < -0.3 is 5.11 Å². The van der Waals surface area contributed by atoms with Crippen molar-refractivity contribution in [3.05, 3.63) is 53.9 Å². The second kappa shape index (κ2) is 4.49. The lowest BCUT2D eigenvalue weighted by Crippen LogP contribution is -2.02. The molecule has 1 aromatic carbocycles. The van der Waals surface area contributed by atoms with Crippen molar-refractivity contribution in [3.63, 3.8) is 0 Å². The molecule has 0 atom stereocenters. The smallest absolute Gasteiger partial charge is 0.338 e. The minimum Gasteiger partial charge on any atom is -0.478 e. The molecule has 3 aromatic rings. The Labute approximate surface area is 108 Å². The molecule has 0 bridgehead atoms. The van der Waals surface area contributed by atoms with Gasteiger partial charge in [0, 0.05) is 12.4 Å². The average Bonchev–Trinajstić information content (AvgIpc) is 2.83. The fraction of sp³-hybridized carbons (Fsp3) is 0.0769. The summed E-state index contributed by atoms with van der Waals surface area (Å²) in [6, 6.07) is 8.79. The van der Waals surface area contributed by atoms with Crippen LogP contribution in [0.2, 0.25) is 0 Å². The van der Waals surface area contributed by atoms with Crippen LogP contribution >= 0.6 is 0 Å². The van der Waals surface area contributed by atoms with Gasteiger partial charge in [0.25, 0.3) is 0 Å². The number of nitrogens with zero attached hydrogens (tertiary/aromatic N) is 4. The lowest BCUT2D eigenvalue weighted by Gasteiger charge is -2.02. The van der Waals surface area contributed by atoms with Gasteiger partial charge in [0.05, 0.1) is 17.6 Å². The van der Waals surface area contributed by atoms with Crippen LogP contribution in [0.1, 0.15) is 15.9 Å². The van der Waals surface area contributed by atoms with E-state index in [-0.39, 0.29) is 5.56 Å². The zero-order valence-electron chi connectivity index (χ0n) is 9.89. The van der Waals surface area contributed by atoms with E-state index in [1.165, 1.54) is 6.07 Å². The van der Waals surface area contributed by atoms with Gasteiger partial charge >= 0.3 is 5.97 Å². The molecule has 0 saturated heterocycles. The third-order valence-corrected chi connectivity index (χ3v) is 2.83. The summed E-state index contributed by atoms with van der Waals surface area (Å²) in [5.41, 5.74) is 2.24. The SMILES string of the molecule is O=C(O)c1cccc2c1nnn2Cc1cccnc1. The number of fused-ring (bicyclic) bond motifs is 1. The van der Waals surface area contributed by atoms with Crippen LogP contribution in [0.4, 0.5) is 0 Å². The topological polar surface area (TPSA) is 80.9 Å². The van der Waals surface area contributed by atoms with Gasteiger partial charge in [-0.3, -0.25) is 4.98 Å². The van der Waals surface area contributed by atoms with Gasteiger partial charge in [-0.15, -0.1) is 5.10 Å². The fourth-order valence-corrected chi connectivity index (χ4v) is 1.95. The van der Waals surface area contributed by atoms with E-state index in [0.29, 0.717) is 17.6 Å². The van der Waals surface area contributed by atoms with E-state index in [9.17, 15) is 4.79 Å². The first-order valence-electron chi connectivity index (χ1n) is 5.70. The van der Waals surface area contributed by atoms with Gasteiger partial charge in [-0.25, -0.2) is 9.48 Å². The normalized spacial score (nSPS) is 10.7. The number of benzene rings is 1. The third-order valence-electron chi connectivity index (χ3n) is 2.83. The molecule has 0 aliphatic rings. The molecule has 2 heterocycles. The molecule has 0 aliphatic heterocycles. The minimum absolute atomic E-state index is 0.162. The van der Waals surface area contributed by atoms with Crippen molar-refractivity contribution in [2.45, 2.75) is 6.54 Å². The van der Waals surface area contributed by atoms with Gasteiger partial charge in [-0.2, -0.15) is 0 Å². The van der Waals surface area contributed by atoms with E-state index in [1.807, 2.05) is 12.1 Å². The highest BCUT2D eigenvalue weighted by molar-refractivity contribution is 6.00. The highest BCUT2D eigenvalue weighted by atomic mass is 16.4. The maximum atomic E-state index is 11.1. The molecule has 0 saturated carbocycles. The summed E-state index contributed by atoms with van der Waals surface area (Å²) >= 11 is 0. The fourth-order valence-electron chi connectivity index (χ4n) is 1.95. The molecule has 94 valence electrons. The summed E-state index contributed by atoms with van der Waals surface area (Å²) in [6.45, 7) is 0.507. The number of rotatable bonds is 3. The molecule has 2 aromatic heterocycles. The number of carbonyl (C=O) groups is 1. The second-order valence-corrected chi connectivity index (χ2v) is 4.09. The lowest BCUT2D eigenvalue weighted by molar-refractivity contribution is 0.0699. The van der Waals surface area contributed by atoms with Crippen LogP contribution in [0.3, 0.4) is 0 Å². The Hall–Kier alpha value is -2.76. The number of carboxylic acids is 1. The van der Waals surface area contributed by atoms with E-state index < -0.39 is 5.97 Å². The van der Waals surface area contributed by atoms with Crippen molar-refractivity contribution in [1.29, 1.82) is 0 Å². The largest absolute Gasteiger partial charge is 0.478 e. The van der Waals surface area contributed by atoms with Gasteiger partial charge in [0.15, 0.2) is 0 Å². The Morgan fingerprint density at radius 2 is 2.16 bits per heavy atom. The number of hydrogen-bond acceptors (Lipinski definition) is 4. The molecule has 1 N–H and O–H groups in total. The third kappa shape index (κ3) is 2.03. The highest BCUT2D eigenvalue weighted by Crippen LogP contribution is 2.16. The van der Waals surface area contributed by atoms with Crippen LogP contribution in [-0.2, 0) is 6.54 Å². The molecule has 0 amide bonds. The minimum atomic E-state index is -1.00. The van der Waals surface area contributed by atoms with Gasteiger partial charge in [0.1, 0.15) is 5.52 Å². The molecule has 0 unspecified atom stereocenters. The zero-order chi connectivity index (χ0) is 13.2. The molecule has 3 rings (SSSR count). The molecular weight excluding hydrogens is 244 g/mol. The van der Waals surface area contributed by atoms with Gasteiger partial charge in [-0.1, -0.05) is 17.3 Å². The number of aromatic nitrogens is 4. The van der Waals surface area contributed by atoms with Crippen molar-refractivity contribution in [1.82, 2.24) is 20.0 Å². The van der Waals surface area contributed by atoms with Crippen LogP contribution in [0, 0.1) is 0 Å².